The van der Waals surface area contributed by atoms with Crippen molar-refractivity contribution in [1.82, 2.24) is 15.0 Å². The number of aromatic nitrogens is 3. The van der Waals surface area contributed by atoms with E-state index in [4.69, 9.17) is 15.0 Å². The average Bonchev–Trinajstić information content (AvgIpc) is 3.49. The van der Waals surface area contributed by atoms with Gasteiger partial charge in [0.15, 0.2) is 11.6 Å². The van der Waals surface area contributed by atoms with Gasteiger partial charge in [-0.1, -0.05) is 103 Å². The van der Waals surface area contributed by atoms with E-state index in [0.29, 0.717) is 17.6 Å². The molecule has 0 saturated carbocycles. The van der Waals surface area contributed by atoms with E-state index in [1.807, 2.05) is 29.5 Å². The first-order valence-electron chi connectivity index (χ1n) is 15.4. The van der Waals surface area contributed by atoms with Crippen LogP contribution in [-0.4, -0.2) is 15.0 Å². The van der Waals surface area contributed by atoms with Crippen LogP contribution >= 0.6 is 11.3 Å². The second-order valence-corrected chi connectivity index (χ2v) is 12.8. The average molecular weight is 605 g/mol. The molecule has 0 aliphatic carbocycles. The summed E-state index contributed by atoms with van der Waals surface area (Å²) in [5.74, 6) is 1.89. The molecule has 7 aromatic carbocycles. The van der Waals surface area contributed by atoms with E-state index in [0.717, 1.165) is 28.1 Å². The summed E-state index contributed by atoms with van der Waals surface area (Å²) >= 11 is 1.81. The Morgan fingerprint density at radius 1 is 0.435 bits per heavy atom. The van der Waals surface area contributed by atoms with Crippen molar-refractivity contribution in [2.45, 2.75) is 0 Å². The van der Waals surface area contributed by atoms with Crippen molar-refractivity contribution < 1.29 is 0 Å². The third-order valence-electron chi connectivity index (χ3n) is 9.01. The van der Waals surface area contributed by atoms with E-state index in [1.165, 1.54) is 47.3 Å². The zero-order valence-corrected chi connectivity index (χ0v) is 25.4. The number of rotatable bonds is 3. The summed E-state index contributed by atoms with van der Waals surface area (Å²) in [5, 5.41) is 7.23. The highest BCUT2D eigenvalue weighted by atomic mass is 32.1. The van der Waals surface area contributed by atoms with Crippen LogP contribution in [0.25, 0.3) is 75.6 Å². The minimum atomic E-state index is 0.595. The lowest BCUT2D eigenvalue weighted by molar-refractivity contribution is 1.02. The van der Waals surface area contributed by atoms with Crippen LogP contribution in [0.2, 0.25) is 0 Å². The SMILES string of the molecule is c1ccc(-c2nc(-c3ccc4sc5ccccc5c4c3)nc(N3c4cc5ccccc5cc4-c4cccc5cccc3c45)n2)cc1. The molecule has 0 atom stereocenters. The lowest BCUT2D eigenvalue weighted by atomic mass is 9.90. The topological polar surface area (TPSA) is 41.9 Å². The number of hydrogen-bond donors (Lipinski definition) is 0. The first kappa shape index (κ1) is 25.4. The maximum absolute atomic E-state index is 5.27. The molecular formula is C41H24N4S. The quantitative estimate of drug-likeness (QED) is 0.201. The third-order valence-corrected chi connectivity index (χ3v) is 10.2. The van der Waals surface area contributed by atoms with Crippen LogP contribution in [0.4, 0.5) is 17.3 Å². The van der Waals surface area contributed by atoms with E-state index < -0.39 is 0 Å². The molecule has 0 N–H and O–H groups in total. The monoisotopic (exact) mass is 604 g/mol. The van der Waals surface area contributed by atoms with Crippen LogP contribution in [0.15, 0.2) is 146 Å². The van der Waals surface area contributed by atoms with Gasteiger partial charge in [-0.15, -0.1) is 11.3 Å². The summed E-state index contributed by atoms with van der Waals surface area (Å²) in [7, 11) is 0. The molecule has 3 heterocycles. The maximum Gasteiger partial charge on any atom is 0.238 e. The van der Waals surface area contributed by atoms with Gasteiger partial charge in [-0.2, -0.15) is 9.97 Å². The van der Waals surface area contributed by atoms with Gasteiger partial charge < -0.3 is 0 Å². The molecule has 10 rings (SSSR count). The molecule has 9 aromatic rings. The van der Waals surface area contributed by atoms with Gasteiger partial charge in [0.25, 0.3) is 0 Å². The van der Waals surface area contributed by atoms with Crippen molar-refractivity contribution in [3.05, 3.63) is 146 Å². The second kappa shape index (κ2) is 9.80. The zero-order chi connectivity index (χ0) is 30.2. The maximum atomic E-state index is 5.27. The smallest absolute Gasteiger partial charge is 0.238 e. The minimum absolute atomic E-state index is 0.595. The zero-order valence-electron chi connectivity index (χ0n) is 24.6. The van der Waals surface area contributed by atoms with Gasteiger partial charge in [0.05, 0.1) is 11.4 Å². The number of nitrogens with zero attached hydrogens (tertiary/aromatic N) is 4. The summed E-state index contributed by atoms with van der Waals surface area (Å²) in [6.45, 7) is 0. The Morgan fingerprint density at radius 3 is 2.00 bits per heavy atom. The van der Waals surface area contributed by atoms with E-state index in [2.05, 4.69) is 132 Å². The van der Waals surface area contributed by atoms with Gasteiger partial charge in [0.2, 0.25) is 5.95 Å². The molecule has 0 spiro atoms. The van der Waals surface area contributed by atoms with E-state index in [-0.39, 0.29) is 0 Å². The van der Waals surface area contributed by atoms with Crippen molar-refractivity contribution in [3.8, 4) is 33.9 Å². The van der Waals surface area contributed by atoms with Crippen molar-refractivity contribution in [2.75, 3.05) is 4.90 Å². The first-order chi connectivity index (χ1) is 22.8. The molecule has 214 valence electrons. The number of thiophene rings is 1. The Hall–Kier alpha value is -5.91. The van der Waals surface area contributed by atoms with Crippen molar-refractivity contribution in [1.29, 1.82) is 0 Å². The van der Waals surface area contributed by atoms with Gasteiger partial charge >= 0.3 is 0 Å². The highest BCUT2D eigenvalue weighted by Crippen LogP contribution is 2.51. The molecule has 1 aliphatic rings. The summed E-state index contributed by atoms with van der Waals surface area (Å²) in [6.07, 6.45) is 0. The highest BCUT2D eigenvalue weighted by Gasteiger charge is 2.29. The van der Waals surface area contributed by atoms with Gasteiger partial charge in [0, 0.05) is 42.2 Å². The fourth-order valence-corrected chi connectivity index (χ4v) is 7.97. The largest absolute Gasteiger partial charge is 0.278 e. The van der Waals surface area contributed by atoms with Crippen LogP contribution in [0, 0.1) is 0 Å². The molecule has 0 amide bonds. The Bertz CT molecular complexity index is 2650. The standard InChI is InChI=1S/C41H24N4S/c1-2-10-26(11-3-1)39-42-40(29-20-21-37-33(23-29)30-16-6-7-19-36(30)46-37)44-41(43-39)45-34-18-9-15-25-14-8-17-31(38(25)34)32-22-27-12-4-5-13-28(27)24-35(32)45/h1-24H. The van der Waals surface area contributed by atoms with Crippen LogP contribution in [0.3, 0.4) is 0 Å². The van der Waals surface area contributed by atoms with E-state index in [9.17, 15) is 0 Å². The van der Waals surface area contributed by atoms with Crippen molar-refractivity contribution >= 4 is 70.4 Å². The van der Waals surface area contributed by atoms with Crippen LogP contribution < -0.4 is 4.90 Å². The van der Waals surface area contributed by atoms with Gasteiger partial charge in [-0.25, -0.2) is 4.98 Å². The number of benzene rings is 7. The fraction of sp³-hybridized carbons (Fsp3) is 0. The minimum Gasteiger partial charge on any atom is -0.278 e. The fourth-order valence-electron chi connectivity index (χ4n) is 6.88. The van der Waals surface area contributed by atoms with Gasteiger partial charge in [0.1, 0.15) is 0 Å². The summed E-state index contributed by atoms with van der Waals surface area (Å²) in [4.78, 5) is 17.8. The van der Waals surface area contributed by atoms with Gasteiger partial charge in [-0.3, -0.25) is 4.90 Å². The Labute approximate surface area is 268 Å². The van der Waals surface area contributed by atoms with E-state index >= 15 is 0 Å². The molecule has 4 nitrogen and oxygen atoms in total. The number of hydrogen-bond acceptors (Lipinski definition) is 5. The lowest BCUT2D eigenvalue weighted by Crippen LogP contribution is -2.18. The molecule has 0 fully saturated rings. The summed E-state index contributed by atoms with van der Waals surface area (Å²) < 4.78 is 2.53. The Kier molecular flexibility index (Phi) is 5.41. The van der Waals surface area contributed by atoms with E-state index in [1.54, 1.807) is 0 Å². The second-order valence-electron chi connectivity index (χ2n) is 11.7. The molecule has 2 aromatic heterocycles. The van der Waals surface area contributed by atoms with Crippen LogP contribution in [-0.2, 0) is 0 Å². The molecule has 5 heteroatoms. The highest BCUT2D eigenvalue weighted by molar-refractivity contribution is 7.25. The van der Waals surface area contributed by atoms with Crippen molar-refractivity contribution in [3.63, 3.8) is 0 Å². The van der Waals surface area contributed by atoms with Crippen molar-refractivity contribution in [2.24, 2.45) is 0 Å². The number of fused-ring (bicyclic) bond motifs is 6. The molecule has 46 heavy (non-hydrogen) atoms. The summed E-state index contributed by atoms with van der Waals surface area (Å²) in [5.41, 5.74) is 6.41. The Balaban J connectivity index is 1.27. The first-order valence-corrected chi connectivity index (χ1v) is 16.2. The summed E-state index contributed by atoms with van der Waals surface area (Å²) in [6, 6.07) is 51.5. The molecule has 0 bridgehead atoms. The normalized spacial score (nSPS) is 12.3. The molecular weight excluding hydrogens is 581 g/mol. The third kappa shape index (κ3) is 3.82. The number of anilines is 3. The predicted octanol–water partition coefficient (Wildman–Crippen LogP) is 11.3. The van der Waals surface area contributed by atoms with Crippen LogP contribution in [0.5, 0.6) is 0 Å². The molecule has 0 saturated heterocycles. The molecule has 0 unspecified atom stereocenters. The van der Waals surface area contributed by atoms with Crippen LogP contribution in [0.1, 0.15) is 0 Å². The van der Waals surface area contributed by atoms with Gasteiger partial charge in [-0.05, 0) is 64.2 Å². The molecule has 0 radical (unpaired) electrons. The Morgan fingerprint density at radius 2 is 1.13 bits per heavy atom. The predicted molar refractivity (Wildman–Crippen MR) is 192 cm³/mol. The lowest BCUT2D eigenvalue weighted by Gasteiger charge is -2.32. The molecule has 1 aliphatic heterocycles.